The van der Waals surface area contributed by atoms with Gasteiger partial charge in [-0.1, -0.05) is 60.7 Å². The van der Waals surface area contributed by atoms with Gasteiger partial charge in [-0.05, 0) is 143 Å². The maximum atomic E-state index is 2.43. The molecule has 0 saturated heterocycles. The Hall–Kier alpha value is -3.46. The fourth-order valence-corrected chi connectivity index (χ4v) is 8.25. The Labute approximate surface area is 244 Å². The molecule has 2 aromatic heterocycles. The highest BCUT2D eigenvalue weighted by Crippen LogP contribution is 2.36. The third kappa shape index (κ3) is 5.70. The minimum Gasteiger partial charge on any atom is -0.140 e. The molecule has 2 heterocycles. The van der Waals surface area contributed by atoms with Crippen LogP contribution in [0, 0.1) is 0 Å². The van der Waals surface area contributed by atoms with Crippen molar-refractivity contribution >= 4 is 64.4 Å². The molecule has 5 aromatic carbocycles. The number of hydrogen-bond donors (Lipinski definition) is 0. The van der Waals surface area contributed by atoms with E-state index in [4.69, 9.17) is 0 Å². The van der Waals surface area contributed by atoms with Gasteiger partial charge >= 0.3 is 0 Å². The standard InChI is InChI=1S/C38H34S2/c1-3-11-27(12-4-1)15-7-9-17-35-23-33-21-29-19-32-26-38-34(22-30(32)20-31(29)25-37(33)39-35)24-36(40-38)18-10-8-16-28-13-5-2-6-14-28/h1-6,11-14,19-26H,7-10,15-18H2. The van der Waals surface area contributed by atoms with Crippen molar-refractivity contribution in [2.24, 2.45) is 0 Å². The van der Waals surface area contributed by atoms with E-state index in [0.29, 0.717) is 0 Å². The van der Waals surface area contributed by atoms with Gasteiger partial charge in [-0.3, -0.25) is 0 Å². The Kier molecular flexibility index (Phi) is 7.38. The SMILES string of the molecule is c1ccc(CCCCc2cc3cc4cc5cc6sc(CCCCc7ccccc7)cc6cc5cc4cc3s2)cc1. The molecule has 0 atom stereocenters. The fraction of sp³-hybridized carbons (Fsp3) is 0.211. The molecular weight excluding hydrogens is 521 g/mol. The van der Waals surface area contributed by atoms with E-state index in [-0.39, 0.29) is 0 Å². The van der Waals surface area contributed by atoms with Crippen molar-refractivity contribution in [1.82, 2.24) is 0 Å². The summed E-state index contributed by atoms with van der Waals surface area (Å²) in [6, 6.07) is 41.1. The van der Waals surface area contributed by atoms with E-state index in [0.717, 1.165) is 0 Å². The second-order valence-corrected chi connectivity index (χ2v) is 13.5. The van der Waals surface area contributed by atoms with Crippen LogP contribution in [0.2, 0.25) is 0 Å². The minimum atomic E-state index is 1.18. The van der Waals surface area contributed by atoms with Crippen LogP contribution in [0.25, 0.3) is 41.7 Å². The zero-order valence-electron chi connectivity index (χ0n) is 22.9. The topological polar surface area (TPSA) is 0 Å². The normalized spacial score (nSPS) is 11.8. The molecule has 0 bridgehead atoms. The van der Waals surface area contributed by atoms with E-state index in [1.807, 2.05) is 22.7 Å². The highest BCUT2D eigenvalue weighted by Gasteiger charge is 2.09. The van der Waals surface area contributed by atoms with Gasteiger partial charge in [0.05, 0.1) is 0 Å². The molecule has 2 heteroatoms. The third-order valence-corrected chi connectivity index (χ3v) is 10.4. The summed E-state index contributed by atoms with van der Waals surface area (Å²) in [6.45, 7) is 0. The second kappa shape index (κ2) is 11.6. The minimum absolute atomic E-state index is 1.18. The average Bonchev–Trinajstić information content (AvgIpc) is 3.57. The average molecular weight is 555 g/mol. The number of unbranched alkanes of at least 4 members (excludes halogenated alkanes) is 2. The molecule has 40 heavy (non-hydrogen) atoms. The zero-order valence-corrected chi connectivity index (χ0v) is 24.5. The summed E-state index contributed by atoms with van der Waals surface area (Å²) in [4.78, 5) is 3.03. The lowest BCUT2D eigenvalue weighted by atomic mass is 10.0. The van der Waals surface area contributed by atoms with Gasteiger partial charge in [-0.25, -0.2) is 0 Å². The van der Waals surface area contributed by atoms with Crippen molar-refractivity contribution in [1.29, 1.82) is 0 Å². The van der Waals surface area contributed by atoms with Crippen molar-refractivity contribution in [3.8, 4) is 0 Å². The second-order valence-electron chi connectivity index (χ2n) is 11.1. The summed E-state index contributed by atoms with van der Waals surface area (Å²) in [6.07, 6.45) is 9.69. The van der Waals surface area contributed by atoms with Crippen molar-refractivity contribution in [3.63, 3.8) is 0 Å². The predicted octanol–water partition coefficient (Wildman–Crippen LogP) is 11.6. The van der Waals surface area contributed by atoms with Crippen molar-refractivity contribution in [3.05, 3.63) is 130 Å². The number of hydrogen-bond acceptors (Lipinski definition) is 2. The molecule has 7 rings (SSSR count). The third-order valence-electron chi connectivity index (χ3n) is 8.13. The van der Waals surface area contributed by atoms with Crippen LogP contribution in [-0.4, -0.2) is 0 Å². The number of benzene rings is 5. The number of fused-ring (bicyclic) bond motifs is 4. The van der Waals surface area contributed by atoms with Gasteiger partial charge in [0.2, 0.25) is 0 Å². The summed E-state index contributed by atoms with van der Waals surface area (Å²) >= 11 is 3.96. The summed E-state index contributed by atoms with van der Waals surface area (Å²) < 4.78 is 2.83. The van der Waals surface area contributed by atoms with Crippen LogP contribution >= 0.6 is 22.7 Å². The molecule has 0 radical (unpaired) electrons. The molecule has 0 N–H and O–H groups in total. The molecule has 7 aromatic rings. The van der Waals surface area contributed by atoms with Gasteiger partial charge in [0.15, 0.2) is 0 Å². The van der Waals surface area contributed by atoms with Crippen molar-refractivity contribution in [2.45, 2.75) is 51.4 Å². The van der Waals surface area contributed by atoms with E-state index in [1.54, 1.807) is 0 Å². The lowest BCUT2D eigenvalue weighted by Gasteiger charge is -2.04. The molecule has 0 nitrogen and oxygen atoms in total. The van der Waals surface area contributed by atoms with Gasteiger partial charge in [0, 0.05) is 19.2 Å². The van der Waals surface area contributed by atoms with Crippen LogP contribution in [0.5, 0.6) is 0 Å². The van der Waals surface area contributed by atoms with E-state index < -0.39 is 0 Å². The Morgan fingerprint density at radius 2 is 0.725 bits per heavy atom. The van der Waals surface area contributed by atoms with Crippen LogP contribution < -0.4 is 0 Å². The highest BCUT2D eigenvalue weighted by atomic mass is 32.1. The first-order valence-corrected chi connectivity index (χ1v) is 16.3. The number of aryl methyl sites for hydroxylation is 4. The molecule has 0 aliphatic rings. The lowest BCUT2D eigenvalue weighted by Crippen LogP contribution is -1.87. The van der Waals surface area contributed by atoms with Crippen molar-refractivity contribution in [2.75, 3.05) is 0 Å². The summed E-state index contributed by atoms with van der Waals surface area (Å²) in [5.74, 6) is 0. The molecule has 0 aliphatic heterocycles. The number of thiophene rings is 2. The first-order chi connectivity index (χ1) is 19.8. The molecule has 0 unspecified atom stereocenters. The van der Waals surface area contributed by atoms with E-state index in [2.05, 4.69) is 109 Å². The van der Waals surface area contributed by atoms with Crippen LogP contribution in [0.3, 0.4) is 0 Å². The first kappa shape index (κ1) is 25.5. The molecule has 0 fully saturated rings. The molecule has 198 valence electrons. The quantitative estimate of drug-likeness (QED) is 0.116. The smallest absolute Gasteiger partial charge is 0.0352 e. The lowest BCUT2D eigenvalue weighted by molar-refractivity contribution is 0.740. The predicted molar refractivity (Wildman–Crippen MR) is 178 cm³/mol. The van der Waals surface area contributed by atoms with Gasteiger partial charge in [-0.2, -0.15) is 0 Å². The maximum Gasteiger partial charge on any atom is 0.0352 e. The van der Waals surface area contributed by atoms with Crippen LogP contribution in [-0.2, 0) is 25.7 Å². The molecule has 0 saturated carbocycles. The largest absolute Gasteiger partial charge is 0.140 e. The van der Waals surface area contributed by atoms with Gasteiger partial charge in [-0.15, -0.1) is 22.7 Å². The zero-order chi connectivity index (χ0) is 26.7. The van der Waals surface area contributed by atoms with Gasteiger partial charge in [0.25, 0.3) is 0 Å². The molecular formula is C38H34S2. The Morgan fingerprint density at radius 3 is 1.18 bits per heavy atom. The van der Waals surface area contributed by atoms with E-state index in [1.165, 1.54) is 114 Å². The molecule has 0 aliphatic carbocycles. The Bertz CT molecular complexity index is 1660. The van der Waals surface area contributed by atoms with Crippen LogP contribution in [0.15, 0.2) is 109 Å². The fourth-order valence-electron chi connectivity index (χ4n) is 5.98. The van der Waals surface area contributed by atoms with Crippen LogP contribution in [0.4, 0.5) is 0 Å². The summed E-state index contributed by atoms with van der Waals surface area (Å²) in [7, 11) is 0. The molecule has 0 amide bonds. The Morgan fingerprint density at radius 1 is 0.350 bits per heavy atom. The maximum absolute atomic E-state index is 2.43. The summed E-state index contributed by atoms with van der Waals surface area (Å²) in [5.41, 5.74) is 2.90. The first-order valence-electron chi connectivity index (χ1n) is 14.7. The van der Waals surface area contributed by atoms with Gasteiger partial charge in [0.1, 0.15) is 0 Å². The monoisotopic (exact) mass is 554 g/mol. The van der Waals surface area contributed by atoms with E-state index >= 15 is 0 Å². The highest BCUT2D eigenvalue weighted by molar-refractivity contribution is 7.19. The van der Waals surface area contributed by atoms with E-state index in [9.17, 15) is 0 Å². The Balaban J connectivity index is 1.05. The van der Waals surface area contributed by atoms with Crippen molar-refractivity contribution < 1.29 is 0 Å². The van der Waals surface area contributed by atoms with Gasteiger partial charge < -0.3 is 0 Å². The van der Waals surface area contributed by atoms with Crippen LogP contribution in [0.1, 0.15) is 46.6 Å². The molecule has 0 spiro atoms. The number of rotatable bonds is 10. The summed E-state index contributed by atoms with van der Waals surface area (Å²) in [5, 5.41) is 8.20.